The van der Waals surface area contributed by atoms with Crippen molar-refractivity contribution < 1.29 is 9.53 Å². The van der Waals surface area contributed by atoms with E-state index in [9.17, 15) is 4.79 Å². The van der Waals surface area contributed by atoms with Gasteiger partial charge in [0.1, 0.15) is 5.75 Å². The van der Waals surface area contributed by atoms with Crippen molar-refractivity contribution in [1.82, 2.24) is 10.2 Å². The van der Waals surface area contributed by atoms with Crippen molar-refractivity contribution in [2.45, 2.75) is 25.7 Å². The molecule has 2 aliphatic heterocycles. The number of fused-ring (bicyclic) bond motifs is 1. The maximum absolute atomic E-state index is 12.3. The van der Waals surface area contributed by atoms with E-state index in [-0.39, 0.29) is 12.5 Å². The zero-order valence-corrected chi connectivity index (χ0v) is 17.6. The van der Waals surface area contributed by atoms with Gasteiger partial charge in [-0.15, -0.1) is 0 Å². The molecule has 1 fully saturated rings. The molecule has 2 aliphatic rings. The Morgan fingerprint density at radius 2 is 1.97 bits per heavy atom. The lowest BCUT2D eigenvalue weighted by Gasteiger charge is -2.29. The Bertz CT molecular complexity index is 884. The molecule has 1 N–H and O–H groups in total. The third-order valence-corrected chi connectivity index (χ3v) is 5.70. The van der Waals surface area contributed by atoms with Crippen molar-refractivity contribution in [3.05, 3.63) is 60.2 Å². The van der Waals surface area contributed by atoms with E-state index in [0.717, 1.165) is 49.9 Å². The average molecular weight is 407 g/mol. The second-order valence-corrected chi connectivity index (χ2v) is 7.73. The molecule has 2 aromatic carbocycles. The van der Waals surface area contributed by atoms with E-state index in [0.29, 0.717) is 19.0 Å². The molecule has 0 aliphatic carbocycles. The lowest BCUT2D eigenvalue weighted by atomic mass is 9.99. The summed E-state index contributed by atoms with van der Waals surface area (Å²) in [5, 5.41) is 3.43. The van der Waals surface area contributed by atoms with Crippen molar-refractivity contribution in [2.75, 3.05) is 44.2 Å². The molecule has 1 atom stereocenters. The number of nitrogens with one attached hydrogen (secondary N) is 1. The van der Waals surface area contributed by atoms with Gasteiger partial charge in [-0.1, -0.05) is 42.5 Å². The van der Waals surface area contributed by atoms with Crippen LogP contribution in [0.15, 0.2) is 59.6 Å². The van der Waals surface area contributed by atoms with Crippen LogP contribution >= 0.6 is 0 Å². The normalized spacial score (nSPS) is 18.9. The number of para-hydroxylation sites is 2. The molecule has 2 heterocycles. The smallest absolute Gasteiger partial charge is 0.265 e. The summed E-state index contributed by atoms with van der Waals surface area (Å²) in [5.41, 5.74) is 2.26. The number of nitrogens with zero attached hydrogens (tertiary/aromatic N) is 3. The summed E-state index contributed by atoms with van der Waals surface area (Å²) in [5.74, 6) is 2.31. The number of aliphatic imine (C=N–C) groups is 1. The molecule has 0 saturated carbocycles. The monoisotopic (exact) mass is 406 g/mol. The molecule has 2 aromatic rings. The number of likely N-dealkylation sites (tertiary alicyclic amines) is 1. The summed E-state index contributed by atoms with van der Waals surface area (Å²) in [6, 6.07) is 18.4. The van der Waals surface area contributed by atoms with Gasteiger partial charge in [0.15, 0.2) is 12.6 Å². The summed E-state index contributed by atoms with van der Waals surface area (Å²) >= 11 is 0. The van der Waals surface area contributed by atoms with Crippen molar-refractivity contribution in [1.29, 1.82) is 0 Å². The van der Waals surface area contributed by atoms with Crippen LogP contribution in [0.1, 0.15) is 31.2 Å². The van der Waals surface area contributed by atoms with Crippen LogP contribution in [0.2, 0.25) is 0 Å². The Labute approximate surface area is 178 Å². The van der Waals surface area contributed by atoms with Gasteiger partial charge < -0.3 is 19.9 Å². The standard InChI is InChI=1S/C24H30N4O2/c1-2-25-24(27-16-13-20(17-27)19-9-4-3-5-10-19)26-14-8-15-28-21-11-6-7-12-22(21)30-18-23(28)29/h3-7,9-12,20H,2,8,13-18H2,1H3,(H,25,26). The van der Waals surface area contributed by atoms with Crippen LogP contribution in [0.25, 0.3) is 0 Å². The molecule has 0 spiro atoms. The summed E-state index contributed by atoms with van der Waals surface area (Å²) in [6.45, 7) is 6.39. The van der Waals surface area contributed by atoms with Crippen LogP contribution in [0.3, 0.4) is 0 Å². The van der Waals surface area contributed by atoms with Crippen LogP contribution in [-0.4, -0.2) is 56.1 Å². The fourth-order valence-corrected chi connectivity index (χ4v) is 4.19. The molecule has 1 amide bonds. The Balaban J connectivity index is 1.34. The van der Waals surface area contributed by atoms with E-state index in [1.54, 1.807) is 0 Å². The Morgan fingerprint density at radius 1 is 1.17 bits per heavy atom. The van der Waals surface area contributed by atoms with Gasteiger partial charge in [-0.2, -0.15) is 0 Å². The Hall–Kier alpha value is -3.02. The van der Waals surface area contributed by atoms with Crippen LogP contribution in [0.5, 0.6) is 5.75 Å². The quantitative estimate of drug-likeness (QED) is 0.455. The molecule has 1 saturated heterocycles. The molecular formula is C24H30N4O2. The number of amides is 1. The van der Waals surface area contributed by atoms with E-state index >= 15 is 0 Å². The molecule has 4 rings (SSSR count). The Morgan fingerprint density at radius 3 is 2.80 bits per heavy atom. The third kappa shape index (κ3) is 4.58. The predicted molar refractivity (Wildman–Crippen MR) is 120 cm³/mol. The van der Waals surface area contributed by atoms with Crippen LogP contribution in [-0.2, 0) is 4.79 Å². The Kier molecular flexibility index (Phi) is 6.52. The van der Waals surface area contributed by atoms with Crippen molar-refractivity contribution >= 4 is 17.6 Å². The molecule has 1 unspecified atom stereocenters. The predicted octanol–water partition coefficient (Wildman–Crippen LogP) is 3.26. The van der Waals surface area contributed by atoms with Gasteiger partial charge >= 0.3 is 0 Å². The number of carbonyl (C=O) groups is 1. The number of carbonyl (C=O) groups excluding carboxylic acids is 1. The highest BCUT2D eigenvalue weighted by Crippen LogP contribution is 2.31. The minimum Gasteiger partial charge on any atom is -0.482 e. The molecule has 6 nitrogen and oxygen atoms in total. The minimum atomic E-state index is 0.00910. The highest BCUT2D eigenvalue weighted by Gasteiger charge is 2.26. The number of benzene rings is 2. The maximum atomic E-state index is 12.3. The molecule has 0 aromatic heterocycles. The highest BCUT2D eigenvalue weighted by molar-refractivity contribution is 5.97. The fraction of sp³-hybridized carbons (Fsp3) is 0.417. The first-order valence-corrected chi connectivity index (χ1v) is 10.9. The van der Waals surface area contributed by atoms with Gasteiger partial charge in [-0.05, 0) is 37.5 Å². The topological polar surface area (TPSA) is 57.2 Å². The van der Waals surface area contributed by atoms with Gasteiger partial charge in [-0.25, -0.2) is 0 Å². The molecule has 0 radical (unpaired) electrons. The zero-order valence-electron chi connectivity index (χ0n) is 17.6. The number of rotatable bonds is 6. The first-order valence-electron chi connectivity index (χ1n) is 10.9. The molecular weight excluding hydrogens is 376 g/mol. The number of hydrogen-bond acceptors (Lipinski definition) is 3. The number of ether oxygens (including phenoxy) is 1. The van der Waals surface area contributed by atoms with Gasteiger partial charge in [0.2, 0.25) is 0 Å². The lowest BCUT2D eigenvalue weighted by Crippen LogP contribution is -2.41. The summed E-state index contributed by atoms with van der Waals surface area (Å²) in [6.07, 6.45) is 1.96. The van der Waals surface area contributed by atoms with Crippen molar-refractivity contribution in [3.8, 4) is 5.75 Å². The van der Waals surface area contributed by atoms with Crippen LogP contribution < -0.4 is 15.0 Å². The van der Waals surface area contributed by atoms with E-state index in [4.69, 9.17) is 9.73 Å². The fourth-order valence-electron chi connectivity index (χ4n) is 4.19. The van der Waals surface area contributed by atoms with E-state index in [1.807, 2.05) is 29.2 Å². The number of hydrogen-bond donors (Lipinski definition) is 1. The average Bonchev–Trinajstić information content (AvgIpc) is 3.28. The van der Waals surface area contributed by atoms with E-state index in [2.05, 4.69) is 47.5 Å². The van der Waals surface area contributed by atoms with Crippen LogP contribution in [0, 0.1) is 0 Å². The molecule has 158 valence electrons. The van der Waals surface area contributed by atoms with Crippen molar-refractivity contribution in [3.63, 3.8) is 0 Å². The second kappa shape index (κ2) is 9.65. The van der Waals surface area contributed by atoms with Crippen LogP contribution in [0.4, 0.5) is 5.69 Å². The highest BCUT2D eigenvalue weighted by atomic mass is 16.5. The second-order valence-electron chi connectivity index (χ2n) is 7.73. The first-order chi connectivity index (χ1) is 14.8. The van der Waals surface area contributed by atoms with Crippen molar-refractivity contribution in [2.24, 2.45) is 4.99 Å². The molecule has 30 heavy (non-hydrogen) atoms. The molecule has 6 heteroatoms. The van der Waals surface area contributed by atoms with Gasteiger partial charge in [0.25, 0.3) is 5.91 Å². The lowest BCUT2D eigenvalue weighted by molar-refractivity contribution is -0.121. The first kappa shape index (κ1) is 20.3. The summed E-state index contributed by atoms with van der Waals surface area (Å²) in [4.78, 5) is 21.3. The summed E-state index contributed by atoms with van der Waals surface area (Å²) in [7, 11) is 0. The zero-order chi connectivity index (χ0) is 20.8. The number of guanidine groups is 1. The SMILES string of the molecule is CCNC(=NCCCN1C(=O)COc2ccccc21)N1CCC(c2ccccc2)C1. The third-order valence-electron chi connectivity index (χ3n) is 5.70. The molecule has 0 bridgehead atoms. The number of anilines is 1. The minimum absolute atomic E-state index is 0.00910. The van der Waals surface area contributed by atoms with E-state index < -0.39 is 0 Å². The van der Waals surface area contributed by atoms with Gasteiger partial charge in [0.05, 0.1) is 5.69 Å². The van der Waals surface area contributed by atoms with Gasteiger partial charge in [-0.3, -0.25) is 9.79 Å². The maximum Gasteiger partial charge on any atom is 0.265 e. The summed E-state index contributed by atoms with van der Waals surface area (Å²) < 4.78 is 5.52. The van der Waals surface area contributed by atoms with Gasteiger partial charge in [0, 0.05) is 38.6 Å². The largest absolute Gasteiger partial charge is 0.482 e. The van der Waals surface area contributed by atoms with E-state index in [1.165, 1.54) is 5.56 Å².